The lowest BCUT2D eigenvalue weighted by molar-refractivity contribution is -0.150. The van der Waals surface area contributed by atoms with E-state index in [4.69, 9.17) is 0 Å². The van der Waals surface area contributed by atoms with Crippen LogP contribution in [-0.4, -0.2) is 49.6 Å². The number of rotatable bonds is 4. The molecule has 1 fully saturated rings. The molecule has 1 aromatic rings. The number of aliphatic carboxylic acids is 1. The number of nitrogens with zero attached hydrogens (tertiary/aromatic N) is 1. The number of benzene rings is 1. The number of carbonyl (C=O) groups is 2. The first kappa shape index (κ1) is 18.2. The topological polar surface area (TPSA) is 104 Å². The molecule has 1 heterocycles. The zero-order chi connectivity index (χ0) is 18.1. The van der Waals surface area contributed by atoms with Crippen LogP contribution in [-0.2, 0) is 14.8 Å². The van der Waals surface area contributed by atoms with E-state index in [-0.39, 0.29) is 17.8 Å². The van der Waals surface area contributed by atoms with Crippen molar-refractivity contribution in [2.75, 3.05) is 24.1 Å². The first-order chi connectivity index (χ1) is 11.0. The fraction of sp³-hybridized carbons (Fsp3) is 0.467. The van der Waals surface area contributed by atoms with Gasteiger partial charge in [0.25, 0.3) is 5.91 Å². The third-order valence-corrected chi connectivity index (χ3v) is 4.60. The van der Waals surface area contributed by atoms with Crippen LogP contribution >= 0.6 is 0 Å². The van der Waals surface area contributed by atoms with Crippen LogP contribution in [0.15, 0.2) is 18.2 Å². The highest BCUT2D eigenvalue weighted by atomic mass is 32.2. The maximum Gasteiger partial charge on any atom is 0.311 e. The Morgan fingerprint density at radius 1 is 1.38 bits per heavy atom. The van der Waals surface area contributed by atoms with Crippen LogP contribution in [0, 0.1) is 11.2 Å². The largest absolute Gasteiger partial charge is 0.481 e. The number of nitrogens with one attached hydrogen (secondary N) is 1. The molecule has 24 heavy (non-hydrogen) atoms. The average Bonchev–Trinajstić information content (AvgIpc) is 2.47. The van der Waals surface area contributed by atoms with Crippen LogP contribution in [0.1, 0.15) is 30.1 Å². The number of piperidine rings is 1. The first-order valence-electron chi connectivity index (χ1n) is 7.32. The minimum atomic E-state index is -3.69. The predicted molar refractivity (Wildman–Crippen MR) is 85.7 cm³/mol. The van der Waals surface area contributed by atoms with Gasteiger partial charge in [-0.1, -0.05) is 0 Å². The van der Waals surface area contributed by atoms with E-state index in [0.29, 0.717) is 19.4 Å². The van der Waals surface area contributed by atoms with Crippen molar-refractivity contribution in [3.63, 3.8) is 0 Å². The summed E-state index contributed by atoms with van der Waals surface area (Å²) in [5.74, 6) is -2.23. The maximum absolute atomic E-state index is 13.7. The fourth-order valence-electron chi connectivity index (χ4n) is 2.71. The molecule has 1 saturated heterocycles. The molecule has 0 saturated carbocycles. The summed E-state index contributed by atoms with van der Waals surface area (Å²) in [6, 6.07) is 3.37. The summed E-state index contributed by atoms with van der Waals surface area (Å²) >= 11 is 0. The highest BCUT2D eigenvalue weighted by molar-refractivity contribution is 7.92. The third-order valence-electron chi connectivity index (χ3n) is 4.01. The lowest BCUT2D eigenvalue weighted by Crippen LogP contribution is -2.48. The maximum atomic E-state index is 13.7. The van der Waals surface area contributed by atoms with Gasteiger partial charge in [-0.3, -0.25) is 14.3 Å². The average molecular weight is 358 g/mol. The van der Waals surface area contributed by atoms with Gasteiger partial charge in [-0.05, 0) is 38.0 Å². The zero-order valence-corrected chi connectivity index (χ0v) is 14.2. The number of hydrogen-bond donors (Lipinski definition) is 2. The smallest absolute Gasteiger partial charge is 0.311 e. The Morgan fingerprint density at radius 2 is 2.04 bits per heavy atom. The van der Waals surface area contributed by atoms with Gasteiger partial charge in [0.05, 0.1) is 17.4 Å². The minimum Gasteiger partial charge on any atom is -0.481 e. The summed E-state index contributed by atoms with van der Waals surface area (Å²) in [4.78, 5) is 25.3. The summed E-state index contributed by atoms with van der Waals surface area (Å²) in [6.07, 6.45) is 1.89. The van der Waals surface area contributed by atoms with Crippen molar-refractivity contribution in [3.05, 3.63) is 29.6 Å². The van der Waals surface area contributed by atoms with Gasteiger partial charge in [-0.25, -0.2) is 12.8 Å². The monoisotopic (exact) mass is 358 g/mol. The molecule has 7 nitrogen and oxygen atoms in total. The van der Waals surface area contributed by atoms with Crippen LogP contribution < -0.4 is 4.72 Å². The Kier molecular flexibility index (Phi) is 4.84. The van der Waals surface area contributed by atoms with E-state index in [0.717, 1.165) is 18.4 Å². The van der Waals surface area contributed by atoms with Gasteiger partial charge in [0, 0.05) is 18.7 Å². The number of anilines is 1. The summed E-state index contributed by atoms with van der Waals surface area (Å²) in [5.41, 5.74) is -1.25. The molecule has 1 aliphatic rings. The molecule has 1 unspecified atom stereocenters. The van der Waals surface area contributed by atoms with E-state index in [1.807, 2.05) is 4.72 Å². The molecule has 1 aromatic carbocycles. The van der Waals surface area contributed by atoms with E-state index in [1.54, 1.807) is 6.92 Å². The van der Waals surface area contributed by atoms with Crippen LogP contribution in [0.2, 0.25) is 0 Å². The second-order valence-electron chi connectivity index (χ2n) is 6.26. The highest BCUT2D eigenvalue weighted by Gasteiger charge is 2.39. The molecule has 9 heteroatoms. The molecule has 0 aliphatic carbocycles. The van der Waals surface area contributed by atoms with Gasteiger partial charge in [0.1, 0.15) is 5.82 Å². The van der Waals surface area contributed by atoms with Crippen molar-refractivity contribution in [2.24, 2.45) is 5.41 Å². The Hall–Kier alpha value is -2.16. The van der Waals surface area contributed by atoms with Gasteiger partial charge in [0.15, 0.2) is 0 Å². The Labute approximate surface area is 139 Å². The van der Waals surface area contributed by atoms with Crippen molar-refractivity contribution >= 4 is 27.6 Å². The van der Waals surface area contributed by atoms with E-state index in [1.165, 1.54) is 11.0 Å². The molecule has 1 atom stereocenters. The molecule has 2 N–H and O–H groups in total. The summed E-state index contributed by atoms with van der Waals surface area (Å²) < 4.78 is 38.2. The number of likely N-dealkylation sites (tertiary alicyclic amines) is 1. The van der Waals surface area contributed by atoms with Gasteiger partial charge in [0.2, 0.25) is 10.0 Å². The van der Waals surface area contributed by atoms with Crippen LogP contribution in [0.4, 0.5) is 10.1 Å². The number of hydrogen-bond acceptors (Lipinski definition) is 4. The summed E-state index contributed by atoms with van der Waals surface area (Å²) in [6.45, 7) is 2.03. The molecule has 0 bridgehead atoms. The van der Waals surface area contributed by atoms with Gasteiger partial charge in [-0.2, -0.15) is 0 Å². The molecule has 132 valence electrons. The Balaban J connectivity index is 2.27. The van der Waals surface area contributed by atoms with Gasteiger partial charge < -0.3 is 10.0 Å². The van der Waals surface area contributed by atoms with Crippen molar-refractivity contribution in [2.45, 2.75) is 19.8 Å². The normalized spacial score (nSPS) is 21.4. The molecule has 0 spiro atoms. The van der Waals surface area contributed by atoms with Crippen LogP contribution in [0.25, 0.3) is 0 Å². The molecule has 1 amide bonds. The van der Waals surface area contributed by atoms with Crippen molar-refractivity contribution in [1.29, 1.82) is 0 Å². The van der Waals surface area contributed by atoms with Crippen molar-refractivity contribution < 1.29 is 27.5 Å². The number of carboxylic acid groups (broad SMARTS) is 1. The lowest BCUT2D eigenvalue weighted by atomic mass is 9.82. The summed E-state index contributed by atoms with van der Waals surface area (Å²) in [7, 11) is -3.69. The Bertz CT molecular complexity index is 780. The van der Waals surface area contributed by atoms with Gasteiger partial charge in [-0.15, -0.1) is 0 Å². The van der Waals surface area contributed by atoms with Crippen molar-refractivity contribution in [3.8, 4) is 0 Å². The molecule has 0 aromatic heterocycles. The second-order valence-corrected chi connectivity index (χ2v) is 8.01. The zero-order valence-electron chi connectivity index (χ0n) is 13.4. The first-order valence-corrected chi connectivity index (χ1v) is 9.21. The highest BCUT2D eigenvalue weighted by Crippen LogP contribution is 2.31. The second kappa shape index (κ2) is 6.39. The van der Waals surface area contributed by atoms with Crippen LogP contribution in [0.3, 0.4) is 0 Å². The van der Waals surface area contributed by atoms with E-state index >= 15 is 0 Å². The molecule has 0 radical (unpaired) electrons. The summed E-state index contributed by atoms with van der Waals surface area (Å²) in [5, 5.41) is 9.31. The van der Waals surface area contributed by atoms with Crippen LogP contribution in [0.5, 0.6) is 0 Å². The quantitative estimate of drug-likeness (QED) is 0.849. The number of sulfonamides is 1. The molecule has 1 aliphatic heterocycles. The number of amides is 1. The van der Waals surface area contributed by atoms with Crippen molar-refractivity contribution in [1.82, 2.24) is 4.90 Å². The molecular weight excluding hydrogens is 339 g/mol. The minimum absolute atomic E-state index is 0.0490. The number of carbonyl (C=O) groups excluding carboxylic acids is 1. The standard InChI is InChI=1S/C15H19FN2O5S/c1-15(14(20)21)6-3-7-18(9-15)13(19)10-4-5-11(16)12(8-10)17-24(2,22)23/h4-5,8,17H,3,6-7,9H2,1-2H3,(H,20,21). The molecular formula is C15H19FN2O5S. The van der Waals surface area contributed by atoms with E-state index < -0.39 is 33.1 Å². The fourth-order valence-corrected chi connectivity index (χ4v) is 3.26. The predicted octanol–water partition coefficient (Wildman–Crippen LogP) is 1.52. The number of carboxylic acids is 1. The molecule has 2 rings (SSSR count). The Morgan fingerprint density at radius 3 is 2.62 bits per heavy atom. The SMILES string of the molecule is CC1(C(=O)O)CCCN(C(=O)c2ccc(F)c(NS(C)(=O)=O)c2)C1. The lowest BCUT2D eigenvalue weighted by Gasteiger charge is -2.37. The van der Waals surface area contributed by atoms with Gasteiger partial charge >= 0.3 is 5.97 Å². The van der Waals surface area contributed by atoms with E-state index in [9.17, 15) is 27.5 Å². The van der Waals surface area contributed by atoms with E-state index in [2.05, 4.69) is 0 Å². The number of halogens is 1. The third kappa shape index (κ3) is 4.02.